The van der Waals surface area contributed by atoms with E-state index in [1.807, 2.05) is 25.5 Å². The third-order valence-electron chi connectivity index (χ3n) is 6.14. The predicted molar refractivity (Wildman–Crippen MR) is 130 cm³/mol. The number of imidazole rings is 1. The van der Waals surface area contributed by atoms with E-state index in [-0.39, 0.29) is 5.54 Å². The van der Waals surface area contributed by atoms with Crippen molar-refractivity contribution >= 4 is 17.0 Å². The molecule has 0 atom stereocenters. The van der Waals surface area contributed by atoms with Gasteiger partial charge in [0.15, 0.2) is 5.96 Å². The Hall–Kier alpha value is -2.90. The summed E-state index contributed by atoms with van der Waals surface area (Å²) in [6.45, 7) is 10.5. The third-order valence-corrected chi connectivity index (χ3v) is 6.14. The van der Waals surface area contributed by atoms with Crippen LogP contribution in [-0.4, -0.2) is 65.8 Å². The molecule has 2 N–H and O–H groups in total. The number of hydrogen-bond acceptors (Lipinski definition) is 4. The number of para-hydroxylation sites is 2. The second kappa shape index (κ2) is 10.1. The van der Waals surface area contributed by atoms with Gasteiger partial charge in [-0.15, -0.1) is 0 Å². The zero-order valence-electron chi connectivity index (χ0n) is 19.3. The maximum atomic E-state index is 5.48. The Morgan fingerprint density at radius 2 is 1.75 bits per heavy atom. The van der Waals surface area contributed by atoms with E-state index < -0.39 is 0 Å². The van der Waals surface area contributed by atoms with E-state index >= 15 is 0 Å². The van der Waals surface area contributed by atoms with Gasteiger partial charge in [-0.2, -0.15) is 0 Å². The molecule has 170 valence electrons. The lowest BCUT2D eigenvalue weighted by atomic mass is 10.0. The molecule has 32 heavy (non-hydrogen) atoms. The van der Waals surface area contributed by atoms with E-state index in [2.05, 4.69) is 80.3 Å². The van der Waals surface area contributed by atoms with Crippen LogP contribution >= 0.6 is 0 Å². The topological polar surface area (TPSA) is 66.7 Å². The molecule has 4 rings (SSSR count). The van der Waals surface area contributed by atoms with Crippen LogP contribution in [0, 0.1) is 0 Å². The maximum absolute atomic E-state index is 5.48. The summed E-state index contributed by atoms with van der Waals surface area (Å²) in [7, 11) is 1.82. The fourth-order valence-corrected chi connectivity index (χ4v) is 4.08. The van der Waals surface area contributed by atoms with Gasteiger partial charge in [-0.1, -0.05) is 36.4 Å². The van der Waals surface area contributed by atoms with Gasteiger partial charge in [0.1, 0.15) is 0 Å². The number of fused-ring (bicyclic) bond motifs is 1. The van der Waals surface area contributed by atoms with E-state index in [1.165, 1.54) is 11.1 Å². The molecule has 0 radical (unpaired) electrons. The first-order valence-corrected chi connectivity index (χ1v) is 11.3. The highest BCUT2D eigenvalue weighted by molar-refractivity contribution is 5.79. The minimum Gasteiger partial charge on any atom is -0.379 e. The first-order valence-electron chi connectivity index (χ1n) is 11.3. The van der Waals surface area contributed by atoms with Crippen molar-refractivity contribution in [3.8, 4) is 0 Å². The standard InChI is InChI=1S/C25H34N6O/c1-25(2,31-12-14-32-15-13-31)18-28-24(26-3)27-16-20-8-10-21(11-9-20)17-30-19-29-22-6-4-5-7-23(22)30/h4-11,19H,12-18H2,1-3H3,(H2,26,27,28). The number of nitrogens with one attached hydrogen (secondary N) is 2. The molecule has 0 aliphatic carbocycles. The highest BCUT2D eigenvalue weighted by atomic mass is 16.5. The molecule has 1 aliphatic rings. The van der Waals surface area contributed by atoms with Gasteiger partial charge in [-0.25, -0.2) is 4.98 Å². The molecular formula is C25H34N6O. The van der Waals surface area contributed by atoms with E-state index in [9.17, 15) is 0 Å². The number of benzene rings is 2. The maximum Gasteiger partial charge on any atom is 0.191 e. The lowest BCUT2D eigenvalue weighted by Crippen LogP contribution is -2.56. The molecule has 2 aromatic carbocycles. The van der Waals surface area contributed by atoms with Gasteiger partial charge in [0, 0.05) is 45.3 Å². The van der Waals surface area contributed by atoms with Crippen LogP contribution in [0.3, 0.4) is 0 Å². The highest BCUT2D eigenvalue weighted by Crippen LogP contribution is 2.16. The van der Waals surface area contributed by atoms with E-state index in [0.29, 0.717) is 0 Å². The highest BCUT2D eigenvalue weighted by Gasteiger charge is 2.28. The first kappa shape index (κ1) is 22.3. The van der Waals surface area contributed by atoms with Gasteiger partial charge in [-0.05, 0) is 37.1 Å². The molecule has 3 aromatic rings. The van der Waals surface area contributed by atoms with Crippen molar-refractivity contribution in [1.82, 2.24) is 25.1 Å². The second-order valence-corrected chi connectivity index (χ2v) is 8.87. The van der Waals surface area contributed by atoms with Crippen molar-refractivity contribution in [2.24, 2.45) is 4.99 Å². The van der Waals surface area contributed by atoms with E-state index in [4.69, 9.17) is 4.74 Å². The van der Waals surface area contributed by atoms with Crippen molar-refractivity contribution in [2.45, 2.75) is 32.5 Å². The number of rotatable bonds is 7. The van der Waals surface area contributed by atoms with Crippen molar-refractivity contribution in [1.29, 1.82) is 0 Å². The Balaban J connectivity index is 1.28. The minimum atomic E-state index is 0.0422. The molecule has 0 unspecified atom stereocenters. The zero-order chi connectivity index (χ0) is 22.4. The van der Waals surface area contributed by atoms with Gasteiger partial charge in [0.25, 0.3) is 0 Å². The number of guanidine groups is 1. The molecule has 2 heterocycles. The number of morpholine rings is 1. The summed E-state index contributed by atoms with van der Waals surface area (Å²) in [4.78, 5) is 11.3. The molecule has 1 saturated heterocycles. The summed E-state index contributed by atoms with van der Waals surface area (Å²) in [5, 5.41) is 6.91. The lowest BCUT2D eigenvalue weighted by molar-refractivity contribution is -0.00834. The van der Waals surface area contributed by atoms with Crippen LogP contribution in [0.25, 0.3) is 11.0 Å². The Bertz CT molecular complexity index is 1030. The predicted octanol–water partition coefficient (Wildman–Crippen LogP) is 2.86. The molecule has 1 aromatic heterocycles. The smallest absolute Gasteiger partial charge is 0.191 e. The van der Waals surface area contributed by atoms with E-state index in [0.717, 1.165) is 62.9 Å². The number of hydrogen-bond donors (Lipinski definition) is 2. The summed E-state index contributed by atoms with van der Waals surface area (Å²) in [6.07, 6.45) is 1.91. The molecule has 1 fully saturated rings. The monoisotopic (exact) mass is 434 g/mol. The largest absolute Gasteiger partial charge is 0.379 e. The van der Waals surface area contributed by atoms with Crippen LogP contribution in [0.15, 0.2) is 59.9 Å². The normalized spacial score (nSPS) is 15.8. The first-order chi connectivity index (χ1) is 15.5. The van der Waals surface area contributed by atoms with Gasteiger partial charge in [0.05, 0.1) is 30.6 Å². The molecular weight excluding hydrogens is 400 g/mol. The average molecular weight is 435 g/mol. The van der Waals surface area contributed by atoms with Crippen LogP contribution in [0.2, 0.25) is 0 Å². The Morgan fingerprint density at radius 1 is 1.03 bits per heavy atom. The number of aliphatic imine (C=N–C) groups is 1. The van der Waals surface area contributed by atoms with Crippen molar-refractivity contribution in [3.63, 3.8) is 0 Å². The molecule has 1 aliphatic heterocycles. The Morgan fingerprint density at radius 3 is 2.50 bits per heavy atom. The summed E-state index contributed by atoms with van der Waals surface area (Å²) >= 11 is 0. The van der Waals surface area contributed by atoms with Crippen molar-refractivity contribution in [2.75, 3.05) is 39.9 Å². The van der Waals surface area contributed by atoms with Gasteiger partial charge in [-0.3, -0.25) is 9.89 Å². The van der Waals surface area contributed by atoms with Crippen molar-refractivity contribution < 1.29 is 4.74 Å². The molecule has 0 spiro atoms. The number of nitrogens with zero attached hydrogens (tertiary/aromatic N) is 4. The average Bonchev–Trinajstić information content (AvgIpc) is 3.23. The van der Waals surface area contributed by atoms with Crippen LogP contribution in [0.1, 0.15) is 25.0 Å². The number of aromatic nitrogens is 2. The van der Waals surface area contributed by atoms with E-state index in [1.54, 1.807) is 0 Å². The van der Waals surface area contributed by atoms with Gasteiger partial charge < -0.3 is 19.9 Å². The summed E-state index contributed by atoms with van der Waals surface area (Å²) < 4.78 is 7.67. The minimum absolute atomic E-state index is 0.0422. The van der Waals surface area contributed by atoms with Gasteiger partial charge >= 0.3 is 0 Å². The molecule has 7 heteroatoms. The summed E-state index contributed by atoms with van der Waals surface area (Å²) in [6, 6.07) is 16.9. The SMILES string of the molecule is CN=C(NCc1ccc(Cn2cnc3ccccc32)cc1)NCC(C)(C)N1CCOCC1. The fraction of sp³-hybridized carbons (Fsp3) is 0.440. The third kappa shape index (κ3) is 5.47. The molecule has 7 nitrogen and oxygen atoms in total. The van der Waals surface area contributed by atoms with Crippen LogP contribution < -0.4 is 10.6 Å². The Labute approximate surface area is 190 Å². The Kier molecular flexibility index (Phi) is 7.07. The molecule has 0 saturated carbocycles. The van der Waals surface area contributed by atoms with Crippen LogP contribution in [-0.2, 0) is 17.8 Å². The van der Waals surface area contributed by atoms with Crippen molar-refractivity contribution in [3.05, 3.63) is 66.0 Å². The summed E-state index contributed by atoms with van der Waals surface area (Å²) in [5.74, 6) is 0.820. The molecule has 0 amide bonds. The van der Waals surface area contributed by atoms with Crippen LogP contribution in [0.4, 0.5) is 0 Å². The molecule has 0 bridgehead atoms. The van der Waals surface area contributed by atoms with Crippen LogP contribution in [0.5, 0.6) is 0 Å². The second-order valence-electron chi connectivity index (χ2n) is 8.87. The zero-order valence-corrected chi connectivity index (χ0v) is 19.3. The lowest BCUT2D eigenvalue weighted by Gasteiger charge is -2.41. The quantitative estimate of drug-likeness (QED) is 0.442. The van der Waals surface area contributed by atoms with Gasteiger partial charge in [0.2, 0.25) is 0 Å². The summed E-state index contributed by atoms with van der Waals surface area (Å²) in [5.41, 5.74) is 4.71. The fourth-order valence-electron chi connectivity index (χ4n) is 4.08. The number of ether oxygens (including phenoxy) is 1.